The van der Waals surface area contributed by atoms with Gasteiger partial charge in [0, 0.05) is 32.2 Å². The molecule has 2 rings (SSSR count). The zero-order valence-corrected chi connectivity index (χ0v) is 15.5. The number of carbonyl (C=O) groups is 2. The van der Waals surface area contributed by atoms with E-state index < -0.39 is 5.60 Å². The molecule has 0 radical (unpaired) electrons. The SMILES string of the molecule is COc1ccc(C(=O)N2CCN(C(=O)OC(C)(C)C)CC2)c(OC)c1. The second-order valence-corrected chi connectivity index (χ2v) is 6.83. The van der Waals surface area contributed by atoms with E-state index in [2.05, 4.69) is 0 Å². The zero-order valence-electron chi connectivity index (χ0n) is 15.5. The highest BCUT2D eigenvalue weighted by Gasteiger charge is 2.29. The van der Waals surface area contributed by atoms with Gasteiger partial charge in [0.05, 0.1) is 19.8 Å². The Bertz CT molecular complexity index is 631. The van der Waals surface area contributed by atoms with Gasteiger partial charge in [-0.05, 0) is 32.9 Å². The van der Waals surface area contributed by atoms with Gasteiger partial charge < -0.3 is 24.0 Å². The summed E-state index contributed by atoms with van der Waals surface area (Å²) in [5.74, 6) is 0.977. The van der Waals surface area contributed by atoms with Crippen LogP contribution in [0.4, 0.5) is 4.79 Å². The Morgan fingerprint density at radius 2 is 1.56 bits per heavy atom. The predicted octanol–water partition coefficient (Wildman–Crippen LogP) is 2.40. The van der Waals surface area contributed by atoms with Crippen molar-refractivity contribution in [3.05, 3.63) is 23.8 Å². The molecule has 1 aromatic carbocycles. The number of benzene rings is 1. The van der Waals surface area contributed by atoms with Crippen LogP contribution in [0.5, 0.6) is 11.5 Å². The molecule has 0 saturated carbocycles. The molecule has 1 aliphatic heterocycles. The number of amides is 2. The van der Waals surface area contributed by atoms with Crippen LogP contribution in [-0.2, 0) is 4.74 Å². The molecular formula is C18H26N2O5. The molecule has 1 aliphatic rings. The Labute approximate surface area is 148 Å². The van der Waals surface area contributed by atoms with Gasteiger partial charge in [0.1, 0.15) is 17.1 Å². The smallest absolute Gasteiger partial charge is 0.410 e. The number of methoxy groups -OCH3 is 2. The maximum atomic E-state index is 12.8. The minimum atomic E-state index is -0.527. The largest absolute Gasteiger partial charge is 0.497 e. The molecule has 0 atom stereocenters. The molecule has 1 fully saturated rings. The van der Waals surface area contributed by atoms with Gasteiger partial charge in [0.15, 0.2) is 0 Å². The number of piperazine rings is 1. The average Bonchev–Trinajstić information content (AvgIpc) is 2.59. The van der Waals surface area contributed by atoms with E-state index in [1.165, 1.54) is 7.11 Å². The van der Waals surface area contributed by atoms with E-state index in [0.29, 0.717) is 43.2 Å². The number of carbonyl (C=O) groups excluding carboxylic acids is 2. The minimum absolute atomic E-state index is 0.122. The van der Waals surface area contributed by atoms with E-state index in [0.717, 1.165) is 0 Å². The maximum absolute atomic E-state index is 12.8. The van der Waals surface area contributed by atoms with Crippen molar-refractivity contribution in [1.82, 2.24) is 9.80 Å². The molecule has 0 unspecified atom stereocenters. The summed E-state index contributed by atoms with van der Waals surface area (Å²) in [5.41, 5.74) is -0.0467. The van der Waals surface area contributed by atoms with Crippen LogP contribution in [-0.4, -0.2) is 67.8 Å². The van der Waals surface area contributed by atoms with E-state index in [-0.39, 0.29) is 12.0 Å². The number of hydrogen-bond acceptors (Lipinski definition) is 5. The summed E-state index contributed by atoms with van der Waals surface area (Å²) in [6.45, 7) is 7.29. The fraction of sp³-hybridized carbons (Fsp3) is 0.556. The van der Waals surface area contributed by atoms with Crippen LogP contribution in [0.25, 0.3) is 0 Å². The maximum Gasteiger partial charge on any atom is 0.410 e. The average molecular weight is 350 g/mol. The molecule has 0 aliphatic carbocycles. The topological polar surface area (TPSA) is 68.3 Å². The first-order valence-electron chi connectivity index (χ1n) is 8.24. The first kappa shape index (κ1) is 18.9. The summed E-state index contributed by atoms with van der Waals surface area (Å²) in [6, 6.07) is 5.11. The van der Waals surface area contributed by atoms with Crippen molar-refractivity contribution in [2.24, 2.45) is 0 Å². The summed E-state index contributed by atoms with van der Waals surface area (Å²) in [4.78, 5) is 28.2. The van der Waals surface area contributed by atoms with Crippen LogP contribution in [0.3, 0.4) is 0 Å². The first-order chi connectivity index (χ1) is 11.7. The molecule has 0 N–H and O–H groups in total. The van der Waals surface area contributed by atoms with Crippen molar-refractivity contribution in [2.45, 2.75) is 26.4 Å². The Kier molecular flexibility index (Phi) is 5.77. The lowest BCUT2D eigenvalue weighted by atomic mass is 10.1. The molecule has 7 heteroatoms. The molecule has 2 amide bonds. The van der Waals surface area contributed by atoms with Gasteiger partial charge >= 0.3 is 6.09 Å². The molecule has 1 aromatic rings. The minimum Gasteiger partial charge on any atom is -0.497 e. The molecular weight excluding hydrogens is 324 g/mol. The van der Waals surface area contributed by atoms with Crippen molar-refractivity contribution in [1.29, 1.82) is 0 Å². The summed E-state index contributed by atoms with van der Waals surface area (Å²) < 4.78 is 15.8. The van der Waals surface area contributed by atoms with E-state index in [1.54, 1.807) is 35.1 Å². The Morgan fingerprint density at radius 3 is 2.08 bits per heavy atom. The summed E-state index contributed by atoms with van der Waals surface area (Å²) in [5, 5.41) is 0. The lowest BCUT2D eigenvalue weighted by Gasteiger charge is -2.35. The van der Waals surface area contributed by atoms with Crippen LogP contribution in [0.15, 0.2) is 18.2 Å². The monoisotopic (exact) mass is 350 g/mol. The summed E-state index contributed by atoms with van der Waals surface area (Å²) in [6.07, 6.45) is -0.346. The van der Waals surface area contributed by atoms with Crippen molar-refractivity contribution >= 4 is 12.0 Å². The Balaban J connectivity index is 2.01. The third-order valence-corrected chi connectivity index (χ3v) is 3.86. The highest BCUT2D eigenvalue weighted by molar-refractivity contribution is 5.97. The number of nitrogens with zero attached hydrogens (tertiary/aromatic N) is 2. The fourth-order valence-electron chi connectivity index (χ4n) is 2.56. The van der Waals surface area contributed by atoms with E-state index >= 15 is 0 Å². The van der Waals surface area contributed by atoms with Gasteiger partial charge in [0.25, 0.3) is 5.91 Å². The lowest BCUT2D eigenvalue weighted by Crippen LogP contribution is -2.51. The van der Waals surface area contributed by atoms with Crippen molar-refractivity contribution < 1.29 is 23.8 Å². The fourth-order valence-corrected chi connectivity index (χ4v) is 2.56. The zero-order chi connectivity index (χ0) is 18.6. The van der Waals surface area contributed by atoms with Gasteiger partial charge in [-0.1, -0.05) is 0 Å². The van der Waals surface area contributed by atoms with E-state index in [4.69, 9.17) is 14.2 Å². The molecule has 1 saturated heterocycles. The normalized spacial score (nSPS) is 14.9. The Hall–Kier alpha value is -2.44. The van der Waals surface area contributed by atoms with Crippen molar-refractivity contribution in [3.8, 4) is 11.5 Å². The second-order valence-electron chi connectivity index (χ2n) is 6.83. The highest BCUT2D eigenvalue weighted by atomic mass is 16.6. The summed E-state index contributed by atoms with van der Waals surface area (Å²) in [7, 11) is 3.08. The van der Waals surface area contributed by atoms with Crippen LogP contribution in [0.2, 0.25) is 0 Å². The van der Waals surface area contributed by atoms with Gasteiger partial charge in [-0.25, -0.2) is 4.79 Å². The lowest BCUT2D eigenvalue weighted by molar-refractivity contribution is 0.0140. The Morgan fingerprint density at radius 1 is 0.960 bits per heavy atom. The van der Waals surface area contributed by atoms with E-state index in [1.807, 2.05) is 20.8 Å². The molecule has 25 heavy (non-hydrogen) atoms. The van der Waals surface area contributed by atoms with Crippen LogP contribution in [0.1, 0.15) is 31.1 Å². The quantitative estimate of drug-likeness (QED) is 0.837. The van der Waals surface area contributed by atoms with Crippen molar-refractivity contribution in [3.63, 3.8) is 0 Å². The van der Waals surface area contributed by atoms with Gasteiger partial charge in [-0.15, -0.1) is 0 Å². The molecule has 138 valence electrons. The highest BCUT2D eigenvalue weighted by Crippen LogP contribution is 2.26. The molecule has 7 nitrogen and oxygen atoms in total. The van der Waals surface area contributed by atoms with Gasteiger partial charge in [-0.3, -0.25) is 4.79 Å². The van der Waals surface area contributed by atoms with Crippen molar-refractivity contribution in [2.75, 3.05) is 40.4 Å². The third-order valence-electron chi connectivity index (χ3n) is 3.86. The van der Waals surface area contributed by atoms with Gasteiger partial charge in [0.2, 0.25) is 0 Å². The number of ether oxygens (including phenoxy) is 3. The van der Waals surface area contributed by atoms with Gasteiger partial charge in [-0.2, -0.15) is 0 Å². The van der Waals surface area contributed by atoms with Crippen LogP contribution >= 0.6 is 0 Å². The standard InChI is InChI=1S/C18H26N2O5/c1-18(2,3)25-17(22)20-10-8-19(9-11-20)16(21)14-7-6-13(23-4)12-15(14)24-5/h6-7,12H,8-11H2,1-5H3. The third kappa shape index (κ3) is 4.78. The molecule has 0 aromatic heterocycles. The summed E-state index contributed by atoms with van der Waals surface area (Å²) >= 11 is 0. The molecule has 1 heterocycles. The number of rotatable bonds is 3. The van der Waals surface area contributed by atoms with E-state index in [9.17, 15) is 9.59 Å². The van der Waals surface area contributed by atoms with Crippen LogP contribution in [0, 0.1) is 0 Å². The predicted molar refractivity (Wildman–Crippen MR) is 93.3 cm³/mol. The number of hydrogen-bond donors (Lipinski definition) is 0. The molecule has 0 spiro atoms. The first-order valence-corrected chi connectivity index (χ1v) is 8.24. The molecule has 0 bridgehead atoms. The van der Waals surface area contributed by atoms with Crippen LogP contribution < -0.4 is 9.47 Å². The second kappa shape index (κ2) is 7.63.